The molecule has 4 rings (SSSR count). The van der Waals surface area contributed by atoms with Gasteiger partial charge in [0.1, 0.15) is 11.5 Å². The van der Waals surface area contributed by atoms with Crippen molar-refractivity contribution >= 4 is 15.8 Å². The van der Waals surface area contributed by atoms with Crippen molar-refractivity contribution in [3.05, 3.63) is 97.1 Å². The van der Waals surface area contributed by atoms with Gasteiger partial charge in [0.15, 0.2) is 0 Å². The quantitative estimate of drug-likeness (QED) is 0.0865. The molecule has 0 atom stereocenters. The van der Waals surface area contributed by atoms with Crippen molar-refractivity contribution in [1.82, 2.24) is 0 Å². The number of carbonyl (C=O) groups is 1. The number of esters is 1. The smallest absolute Gasteiger partial charge is 0.305 e. The van der Waals surface area contributed by atoms with Gasteiger partial charge in [0, 0.05) is 17.5 Å². The zero-order valence-electron chi connectivity index (χ0n) is 27.9. The van der Waals surface area contributed by atoms with Gasteiger partial charge in [-0.3, -0.25) is 4.79 Å². The lowest BCUT2D eigenvalue weighted by molar-refractivity contribution is -0.143. The van der Waals surface area contributed by atoms with Crippen LogP contribution in [-0.2, 0) is 19.4 Å². The van der Waals surface area contributed by atoms with Gasteiger partial charge < -0.3 is 14.9 Å². The molecule has 252 valence electrons. The first kappa shape index (κ1) is 37.4. The highest BCUT2D eigenvalue weighted by atomic mass is 32.2. The molecule has 0 aliphatic carbocycles. The number of aromatic hydroxyl groups is 2. The summed E-state index contributed by atoms with van der Waals surface area (Å²) in [7, 11) is -3.86. The molecule has 4 aromatic rings. The molecular weight excluding hydrogens is 609 g/mol. The lowest BCUT2D eigenvalue weighted by Gasteiger charge is -2.11. The van der Waals surface area contributed by atoms with Crippen LogP contribution in [0.1, 0.15) is 90.9 Å². The van der Waals surface area contributed by atoms with Crippen LogP contribution in [0.3, 0.4) is 0 Å². The van der Waals surface area contributed by atoms with Gasteiger partial charge in [-0.2, -0.15) is 0 Å². The van der Waals surface area contributed by atoms with E-state index in [0.717, 1.165) is 17.5 Å². The Balaban J connectivity index is 0.000000290. The fraction of sp³-hybridized carbons (Fsp3) is 0.375. The Morgan fingerprint density at radius 3 is 1.38 bits per heavy atom. The number of sulfone groups is 1. The average Bonchev–Trinajstić information content (AvgIpc) is 3.08. The molecule has 0 spiro atoms. The summed E-state index contributed by atoms with van der Waals surface area (Å²) in [6, 6.07) is 26.7. The Kier molecular flexibility index (Phi) is 16.1. The third-order valence-corrected chi connectivity index (χ3v) is 9.77. The second kappa shape index (κ2) is 20.2. The number of rotatable bonds is 17. The van der Waals surface area contributed by atoms with E-state index in [2.05, 4.69) is 6.92 Å². The topological polar surface area (TPSA) is 101 Å². The van der Waals surface area contributed by atoms with Crippen LogP contribution in [-0.4, -0.2) is 31.2 Å². The van der Waals surface area contributed by atoms with Crippen LogP contribution < -0.4 is 0 Å². The summed E-state index contributed by atoms with van der Waals surface area (Å²) in [6.07, 6.45) is 15.1. The fourth-order valence-electron chi connectivity index (χ4n) is 5.37. The van der Waals surface area contributed by atoms with Gasteiger partial charge in [0.25, 0.3) is 0 Å². The summed E-state index contributed by atoms with van der Waals surface area (Å²) in [5.41, 5.74) is 2.32. The van der Waals surface area contributed by atoms with Gasteiger partial charge in [0.05, 0.1) is 16.4 Å². The molecule has 7 heteroatoms. The van der Waals surface area contributed by atoms with E-state index in [0.29, 0.717) is 24.2 Å². The number of hydrogen-bond acceptors (Lipinski definition) is 6. The van der Waals surface area contributed by atoms with E-state index in [-0.39, 0.29) is 27.3 Å². The Hall–Kier alpha value is -4.10. The minimum Gasteiger partial charge on any atom is -0.507 e. The van der Waals surface area contributed by atoms with Gasteiger partial charge in [-0.1, -0.05) is 132 Å². The maximum atomic E-state index is 13.3. The third-order valence-electron chi connectivity index (χ3n) is 8.02. The van der Waals surface area contributed by atoms with Gasteiger partial charge in [-0.15, -0.1) is 0 Å². The summed E-state index contributed by atoms with van der Waals surface area (Å²) in [5.74, 6) is -0.0231. The second-order valence-corrected chi connectivity index (χ2v) is 13.6. The zero-order valence-corrected chi connectivity index (χ0v) is 28.7. The number of hydrogen-bond donors (Lipinski definition) is 2. The second-order valence-electron chi connectivity index (χ2n) is 11.7. The Morgan fingerprint density at radius 1 is 0.574 bits per heavy atom. The molecule has 0 aliphatic heterocycles. The maximum Gasteiger partial charge on any atom is 0.305 e. The number of phenols is 2. The number of phenolic OH excluding ortho intramolecular Hbond substituents is 2. The number of ether oxygens (including phenoxy) is 1. The molecule has 0 aromatic heterocycles. The molecule has 0 amide bonds. The van der Waals surface area contributed by atoms with Crippen LogP contribution in [0.2, 0.25) is 0 Å². The summed E-state index contributed by atoms with van der Waals surface area (Å²) in [6.45, 7) is 4.63. The first-order valence-electron chi connectivity index (χ1n) is 17.0. The highest BCUT2D eigenvalue weighted by Crippen LogP contribution is 2.36. The van der Waals surface area contributed by atoms with E-state index in [1.807, 2.05) is 43.3 Å². The molecule has 47 heavy (non-hydrogen) atoms. The van der Waals surface area contributed by atoms with Crippen molar-refractivity contribution in [2.75, 3.05) is 6.61 Å². The van der Waals surface area contributed by atoms with Crippen LogP contribution in [0.25, 0.3) is 22.3 Å². The van der Waals surface area contributed by atoms with Crippen LogP contribution in [0, 0.1) is 0 Å². The summed E-state index contributed by atoms with van der Waals surface area (Å²) in [5, 5.41) is 20.5. The van der Waals surface area contributed by atoms with Gasteiger partial charge in [-0.05, 0) is 60.9 Å². The normalized spacial score (nSPS) is 11.0. The molecule has 0 radical (unpaired) electrons. The van der Waals surface area contributed by atoms with Crippen LogP contribution in [0.15, 0.2) is 107 Å². The largest absolute Gasteiger partial charge is 0.507 e. The molecule has 0 heterocycles. The van der Waals surface area contributed by atoms with Crippen molar-refractivity contribution in [3.63, 3.8) is 0 Å². The lowest BCUT2D eigenvalue weighted by Crippen LogP contribution is -2.03. The highest BCUT2D eigenvalue weighted by Gasteiger charge is 2.21. The lowest BCUT2D eigenvalue weighted by atomic mass is 10.1. The molecule has 0 saturated heterocycles. The first-order chi connectivity index (χ1) is 22.8. The molecule has 0 bridgehead atoms. The van der Waals surface area contributed by atoms with Crippen LogP contribution in [0.4, 0.5) is 0 Å². The van der Waals surface area contributed by atoms with Gasteiger partial charge in [0.2, 0.25) is 9.84 Å². The summed E-state index contributed by atoms with van der Waals surface area (Å²) < 4.78 is 31.4. The maximum absolute atomic E-state index is 13.3. The monoisotopic (exact) mass is 658 g/mol. The number of unbranched alkanes of at least 4 members (excludes halogenated alkanes) is 10. The molecule has 6 nitrogen and oxygen atoms in total. The van der Waals surface area contributed by atoms with Crippen molar-refractivity contribution in [1.29, 1.82) is 0 Å². The van der Waals surface area contributed by atoms with Crippen molar-refractivity contribution in [2.24, 2.45) is 0 Å². The molecule has 0 unspecified atom stereocenters. The molecule has 4 aromatic carbocycles. The predicted molar refractivity (Wildman–Crippen MR) is 190 cm³/mol. The van der Waals surface area contributed by atoms with Crippen molar-refractivity contribution in [3.8, 4) is 33.8 Å². The minimum absolute atomic E-state index is 0.00540. The summed E-state index contributed by atoms with van der Waals surface area (Å²) >= 11 is 0. The standard InChI is InChI=1S/C24H18O4S.C16H32O2/c25-23-13-11-19(15-21(23)17-7-3-1-4-8-17)29(27,28)20-12-14-24(26)22(16-20)18-9-5-2-6-10-18;1-3-5-6-7-8-9-10-11-12-13-14-15-16(17)18-4-2/h1-16,25-26H;3-15H2,1-2H3. The fourth-order valence-corrected chi connectivity index (χ4v) is 6.68. The average molecular weight is 659 g/mol. The number of carbonyl (C=O) groups excluding carboxylic acids is 1. The van der Waals surface area contributed by atoms with E-state index in [1.165, 1.54) is 101 Å². The van der Waals surface area contributed by atoms with Crippen LogP contribution in [0.5, 0.6) is 11.5 Å². The first-order valence-corrected chi connectivity index (χ1v) is 18.4. The van der Waals surface area contributed by atoms with Crippen molar-refractivity contribution in [2.45, 2.75) is 101 Å². The van der Waals surface area contributed by atoms with E-state index in [4.69, 9.17) is 4.74 Å². The Morgan fingerprint density at radius 2 is 0.979 bits per heavy atom. The molecule has 0 aliphatic rings. The van der Waals surface area contributed by atoms with Gasteiger partial charge >= 0.3 is 5.97 Å². The van der Waals surface area contributed by atoms with Crippen molar-refractivity contribution < 1.29 is 28.2 Å². The summed E-state index contributed by atoms with van der Waals surface area (Å²) in [4.78, 5) is 11.2. The number of benzene rings is 4. The Bertz CT molecular complexity index is 1510. The highest BCUT2D eigenvalue weighted by molar-refractivity contribution is 7.91. The Labute approximate surface area is 281 Å². The van der Waals surface area contributed by atoms with E-state index >= 15 is 0 Å². The van der Waals surface area contributed by atoms with Gasteiger partial charge in [-0.25, -0.2) is 8.42 Å². The SMILES string of the molecule is CCCCCCCCCCCCCC(=O)OCC.O=S(=O)(c1ccc(O)c(-c2ccccc2)c1)c1ccc(O)c(-c2ccccc2)c1. The molecule has 0 saturated carbocycles. The third kappa shape index (κ3) is 12.2. The predicted octanol–water partition coefficient (Wildman–Crippen LogP) is 10.5. The minimum atomic E-state index is -3.86. The van der Waals surface area contributed by atoms with E-state index < -0.39 is 9.84 Å². The molecular formula is C40H50O6S. The molecule has 2 N–H and O–H groups in total. The molecule has 0 fully saturated rings. The zero-order chi connectivity index (χ0) is 33.9. The van der Waals surface area contributed by atoms with Crippen LogP contribution >= 0.6 is 0 Å². The van der Waals surface area contributed by atoms with E-state index in [1.54, 1.807) is 24.3 Å². The van der Waals surface area contributed by atoms with E-state index in [9.17, 15) is 23.4 Å².